The zero-order valence-electron chi connectivity index (χ0n) is 42.2. The Morgan fingerprint density at radius 2 is 0.649 bits per heavy atom. The molecule has 352 valence electrons. The summed E-state index contributed by atoms with van der Waals surface area (Å²) >= 11 is 0. The summed E-state index contributed by atoms with van der Waals surface area (Å²) < 4.78 is 6.63. The molecule has 0 saturated carbocycles. The van der Waals surface area contributed by atoms with E-state index in [0.717, 1.165) is 11.2 Å². The fourth-order valence-electron chi connectivity index (χ4n) is 12.6. The third kappa shape index (κ3) is 7.06. The van der Waals surface area contributed by atoms with Gasteiger partial charge < -0.3 is 4.42 Å². The average molecular weight is 947 g/mol. The van der Waals surface area contributed by atoms with Crippen LogP contribution in [-0.4, -0.2) is 0 Å². The lowest BCUT2D eigenvalue weighted by atomic mass is 9.78. The van der Waals surface area contributed by atoms with Gasteiger partial charge >= 0.3 is 0 Å². The summed E-state index contributed by atoms with van der Waals surface area (Å²) in [5.41, 5.74) is 28.2. The minimum Gasteiger partial charge on any atom is -0.456 e. The highest BCUT2D eigenvalue weighted by molar-refractivity contribution is 6.09. The molecule has 0 spiro atoms. The zero-order valence-corrected chi connectivity index (χ0v) is 42.2. The lowest BCUT2D eigenvalue weighted by Gasteiger charge is -2.25. The van der Waals surface area contributed by atoms with E-state index in [1.54, 1.807) is 0 Å². The molecular formula is C73H54O. The second kappa shape index (κ2) is 16.9. The van der Waals surface area contributed by atoms with Crippen molar-refractivity contribution >= 4 is 21.9 Å². The lowest BCUT2D eigenvalue weighted by Crippen LogP contribution is -2.16. The quantitative estimate of drug-likeness (QED) is 0.138. The van der Waals surface area contributed by atoms with Crippen molar-refractivity contribution in [3.63, 3.8) is 0 Å². The molecule has 1 nitrogen and oxygen atoms in total. The van der Waals surface area contributed by atoms with Gasteiger partial charge in [-0.2, -0.15) is 0 Å². The maximum absolute atomic E-state index is 6.63. The van der Waals surface area contributed by atoms with Crippen molar-refractivity contribution in [2.75, 3.05) is 0 Å². The maximum atomic E-state index is 6.63. The number of hydrogen-bond acceptors (Lipinski definition) is 1. The van der Waals surface area contributed by atoms with Crippen molar-refractivity contribution in [2.45, 2.75) is 44.4 Å². The van der Waals surface area contributed by atoms with Crippen LogP contribution in [0, 0.1) is 0 Å². The summed E-state index contributed by atoms with van der Waals surface area (Å²) in [6.07, 6.45) is 0. The van der Waals surface area contributed by atoms with Crippen molar-refractivity contribution in [1.29, 1.82) is 0 Å². The van der Waals surface area contributed by atoms with E-state index in [2.05, 4.69) is 276 Å². The van der Waals surface area contributed by atoms with Crippen molar-refractivity contribution in [3.05, 3.63) is 288 Å². The van der Waals surface area contributed by atoms with Crippen molar-refractivity contribution in [1.82, 2.24) is 0 Å². The number of rotatable bonds is 8. The Morgan fingerprint density at radius 1 is 0.284 bits per heavy atom. The fourth-order valence-corrected chi connectivity index (χ4v) is 12.6. The summed E-state index contributed by atoms with van der Waals surface area (Å²) in [5, 5.41) is 2.36. The van der Waals surface area contributed by atoms with E-state index in [0.29, 0.717) is 0 Å². The predicted octanol–water partition coefficient (Wildman–Crippen LogP) is 19.7. The van der Waals surface area contributed by atoms with Gasteiger partial charge in [-0.1, -0.05) is 252 Å². The van der Waals surface area contributed by atoms with Gasteiger partial charge in [0.25, 0.3) is 0 Å². The third-order valence-corrected chi connectivity index (χ3v) is 16.7. The molecule has 1 heteroatoms. The van der Waals surface area contributed by atoms with Crippen molar-refractivity contribution in [3.8, 4) is 77.9 Å². The Bertz CT molecular complexity index is 3990. The van der Waals surface area contributed by atoms with Gasteiger partial charge in [0.05, 0.1) is 0 Å². The van der Waals surface area contributed by atoms with Crippen LogP contribution in [0.5, 0.6) is 0 Å². The summed E-state index contributed by atoms with van der Waals surface area (Å²) in [4.78, 5) is 0. The second-order valence-electron chi connectivity index (χ2n) is 21.6. The topological polar surface area (TPSA) is 13.1 Å². The smallest absolute Gasteiger partial charge is 0.140 e. The Balaban J connectivity index is 0.804. The normalized spacial score (nSPS) is 13.7. The Labute approximate surface area is 434 Å². The molecule has 0 fully saturated rings. The van der Waals surface area contributed by atoms with Gasteiger partial charge in [-0.25, -0.2) is 0 Å². The maximum Gasteiger partial charge on any atom is 0.140 e. The standard InChI is InChI=1S/C73H54O/c1-72(2)65-43-56(57-36-39-61-63-41-42-64-62-17-11-12-18-68(62)74-71(64)70(63)73(3,4)67(61)44-57)35-38-59(65)60-40-37-58(45-66(60)72)69(54-31-27-52(28-32-54)50-23-19-48(20-24-50)46-13-7-5-8-14-46)55-33-29-53(30-34-55)51-25-21-49(22-26-51)47-15-9-6-10-16-47/h5-45,69H,1-4H3. The third-order valence-electron chi connectivity index (χ3n) is 16.7. The van der Waals surface area contributed by atoms with Gasteiger partial charge in [0, 0.05) is 33.1 Å². The molecule has 11 aromatic carbocycles. The van der Waals surface area contributed by atoms with Crippen molar-refractivity contribution in [2.24, 2.45) is 0 Å². The van der Waals surface area contributed by atoms with Crippen molar-refractivity contribution < 1.29 is 4.42 Å². The molecule has 0 unspecified atom stereocenters. The van der Waals surface area contributed by atoms with Gasteiger partial charge in [0.15, 0.2) is 0 Å². The van der Waals surface area contributed by atoms with Gasteiger partial charge in [-0.3, -0.25) is 0 Å². The fraction of sp³-hybridized carbons (Fsp3) is 0.0959. The summed E-state index contributed by atoms with van der Waals surface area (Å²) in [5.74, 6) is 0.0269. The molecular weight excluding hydrogens is 893 g/mol. The van der Waals surface area contributed by atoms with E-state index in [-0.39, 0.29) is 16.7 Å². The molecule has 0 amide bonds. The Kier molecular flexibility index (Phi) is 10.0. The van der Waals surface area contributed by atoms with Gasteiger partial charge in [0.1, 0.15) is 11.2 Å². The first-order valence-electron chi connectivity index (χ1n) is 26.1. The number of furan rings is 1. The SMILES string of the molecule is CC1(C)c2cc(-c3ccc4c(c3)C(C)(C)c3c-4ccc4c3oc3ccccc34)ccc2-c2ccc(C(c3ccc(-c4ccc(-c5ccccc5)cc4)cc3)c3ccc(-c4ccc(-c5ccccc5)cc4)cc3)cc21. The summed E-state index contributed by atoms with van der Waals surface area (Å²) in [6.45, 7) is 9.55. The van der Waals surface area contributed by atoms with E-state index in [1.165, 1.54) is 128 Å². The molecule has 1 aromatic heterocycles. The van der Waals surface area contributed by atoms with E-state index < -0.39 is 0 Å². The highest BCUT2D eigenvalue weighted by atomic mass is 16.3. The Hall–Kier alpha value is -8.78. The largest absolute Gasteiger partial charge is 0.456 e. The highest BCUT2D eigenvalue weighted by Crippen LogP contribution is 2.55. The van der Waals surface area contributed by atoms with E-state index in [4.69, 9.17) is 4.42 Å². The molecule has 1 heterocycles. The summed E-state index contributed by atoms with van der Waals surface area (Å²) in [6, 6.07) is 92.2. The Morgan fingerprint density at radius 3 is 1.16 bits per heavy atom. The molecule has 12 aromatic rings. The van der Waals surface area contributed by atoms with Gasteiger partial charge in [-0.05, 0) is 136 Å². The van der Waals surface area contributed by atoms with E-state index >= 15 is 0 Å². The molecule has 0 saturated heterocycles. The highest BCUT2D eigenvalue weighted by Gasteiger charge is 2.40. The van der Waals surface area contributed by atoms with Crippen LogP contribution in [0.25, 0.3) is 99.8 Å². The van der Waals surface area contributed by atoms with Crippen LogP contribution in [0.4, 0.5) is 0 Å². The molecule has 2 aliphatic rings. The molecule has 0 bridgehead atoms. The first-order valence-corrected chi connectivity index (χ1v) is 26.1. The lowest BCUT2D eigenvalue weighted by molar-refractivity contribution is 0.620. The zero-order chi connectivity index (χ0) is 49.7. The monoisotopic (exact) mass is 946 g/mol. The van der Waals surface area contributed by atoms with E-state index in [9.17, 15) is 0 Å². The molecule has 2 aliphatic carbocycles. The predicted molar refractivity (Wildman–Crippen MR) is 310 cm³/mol. The van der Waals surface area contributed by atoms with Gasteiger partial charge in [-0.15, -0.1) is 0 Å². The molecule has 0 atom stereocenters. The molecule has 14 rings (SSSR count). The minimum absolute atomic E-state index is 0.0269. The molecule has 74 heavy (non-hydrogen) atoms. The molecule has 0 N–H and O–H groups in total. The second-order valence-corrected chi connectivity index (χ2v) is 21.6. The van der Waals surface area contributed by atoms with E-state index in [1.807, 2.05) is 0 Å². The van der Waals surface area contributed by atoms with Crippen LogP contribution in [0.3, 0.4) is 0 Å². The van der Waals surface area contributed by atoms with Crippen LogP contribution in [0.2, 0.25) is 0 Å². The number of para-hydroxylation sites is 1. The van der Waals surface area contributed by atoms with Gasteiger partial charge in [0.2, 0.25) is 0 Å². The summed E-state index contributed by atoms with van der Waals surface area (Å²) in [7, 11) is 0. The van der Waals surface area contributed by atoms with Crippen LogP contribution in [0.1, 0.15) is 72.6 Å². The minimum atomic E-state index is -0.226. The van der Waals surface area contributed by atoms with Crippen LogP contribution >= 0.6 is 0 Å². The number of hydrogen-bond donors (Lipinski definition) is 0. The number of benzene rings is 11. The first kappa shape index (κ1) is 44.0. The van der Waals surface area contributed by atoms with Crippen LogP contribution in [0.15, 0.2) is 253 Å². The average Bonchev–Trinajstić information content (AvgIpc) is 4.03. The molecule has 0 radical (unpaired) electrons. The first-order chi connectivity index (χ1) is 36.2. The molecule has 0 aliphatic heterocycles. The number of fused-ring (bicyclic) bond motifs is 10. The van der Waals surface area contributed by atoms with Crippen LogP contribution in [-0.2, 0) is 10.8 Å². The van der Waals surface area contributed by atoms with Crippen LogP contribution < -0.4 is 0 Å².